The quantitative estimate of drug-likeness (QED) is 0.434. The van der Waals surface area contributed by atoms with E-state index in [1.165, 1.54) is 13.1 Å². The maximum atomic E-state index is 13.8. The lowest BCUT2D eigenvalue weighted by Crippen LogP contribution is -2.47. The number of nitrogens with one attached hydrogen (secondary N) is 1. The van der Waals surface area contributed by atoms with Crippen LogP contribution in [0.4, 0.5) is 13.2 Å². The van der Waals surface area contributed by atoms with Gasteiger partial charge in [-0.3, -0.25) is 9.79 Å². The first kappa shape index (κ1) is 30.0. The summed E-state index contributed by atoms with van der Waals surface area (Å²) in [6.45, 7) is 9.18. The maximum Gasteiger partial charge on any atom is 0.416 e. The number of hydrogen-bond donors (Lipinski definition) is 2. The van der Waals surface area contributed by atoms with Gasteiger partial charge in [-0.2, -0.15) is 17.5 Å². The molecule has 7 nitrogen and oxygen atoms in total. The van der Waals surface area contributed by atoms with E-state index in [-0.39, 0.29) is 22.8 Å². The van der Waals surface area contributed by atoms with E-state index in [0.717, 1.165) is 16.6 Å². The molecule has 0 aliphatic heterocycles. The van der Waals surface area contributed by atoms with Crippen molar-refractivity contribution in [2.45, 2.75) is 76.9 Å². The topological polar surface area (TPSA) is 111 Å². The minimum Gasteiger partial charge on any atom is -0.480 e. The molecule has 36 heavy (non-hydrogen) atoms. The Morgan fingerprint density at radius 1 is 1.25 bits per heavy atom. The third-order valence-corrected chi connectivity index (χ3v) is 9.23. The van der Waals surface area contributed by atoms with Gasteiger partial charge in [-0.25, -0.2) is 8.42 Å². The Kier molecular flexibility index (Phi) is 9.15. The normalized spacial score (nSPS) is 22.4. The fourth-order valence-electron chi connectivity index (χ4n) is 4.61. The zero-order chi connectivity index (χ0) is 27.6. The van der Waals surface area contributed by atoms with E-state index in [1.54, 1.807) is 6.92 Å². The van der Waals surface area contributed by atoms with Crippen molar-refractivity contribution in [3.63, 3.8) is 0 Å². The van der Waals surface area contributed by atoms with Crippen LogP contribution >= 0.6 is 0 Å². The zero-order valence-corrected chi connectivity index (χ0v) is 22.4. The molecule has 0 amide bonds. The molecule has 0 heterocycles. The number of alkyl halides is 3. The van der Waals surface area contributed by atoms with Crippen LogP contribution in [0.15, 0.2) is 28.1 Å². The molecule has 11 heteroatoms. The van der Waals surface area contributed by atoms with Gasteiger partial charge in [-0.15, -0.1) is 0 Å². The fraction of sp³-hybridized carbons (Fsp3) is 0.640. The van der Waals surface area contributed by atoms with Gasteiger partial charge >= 0.3 is 12.1 Å². The first-order valence-electron chi connectivity index (χ1n) is 11.9. The highest BCUT2D eigenvalue weighted by molar-refractivity contribution is 7.89. The third kappa shape index (κ3) is 6.73. The lowest BCUT2D eigenvalue weighted by molar-refractivity contribution is -0.138. The average molecular weight is 532 g/mol. The Labute approximate surface area is 211 Å². The van der Waals surface area contributed by atoms with Gasteiger partial charge in [0.25, 0.3) is 0 Å². The van der Waals surface area contributed by atoms with Gasteiger partial charge in [0.05, 0.1) is 10.5 Å². The Morgan fingerprint density at radius 2 is 1.86 bits per heavy atom. The summed E-state index contributed by atoms with van der Waals surface area (Å²) in [5.74, 6) is -2.29. The zero-order valence-electron chi connectivity index (χ0n) is 21.6. The van der Waals surface area contributed by atoms with Crippen LogP contribution in [-0.4, -0.2) is 55.4 Å². The average Bonchev–Trinajstić information content (AvgIpc) is 2.79. The van der Waals surface area contributed by atoms with Crippen LogP contribution in [0.2, 0.25) is 0 Å². The highest BCUT2D eigenvalue weighted by Crippen LogP contribution is 2.41. The lowest BCUT2D eigenvalue weighted by atomic mass is 9.72. The minimum absolute atomic E-state index is 0.0390. The van der Waals surface area contributed by atoms with Gasteiger partial charge < -0.3 is 10.5 Å². The third-order valence-electron chi connectivity index (χ3n) is 7.37. The van der Waals surface area contributed by atoms with E-state index in [1.807, 2.05) is 27.7 Å². The first-order valence-corrected chi connectivity index (χ1v) is 13.3. The van der Waals surface area contributed by atoms with E-state index in [9.17, 15) is 26.4 Å². The van der Waals surface area contributed by atoms with Gasteiger partial charge in [-0.05, 0) is 60.3 Å². The Balaban J connectivity index is 2.57. The number of sulfonamides is 1. The molecule has 0 radical (unpaired) electrons. The van der Waals surface area contributed by atoms with Crippen LogP contribution < -0.4 is 0 Å². The molecule has 1 aromatic carbocycles. The van der Waals surface area contributed by atoms with Crippen molar-refractivity contribution in [2.24, 2.45) is 22.2 Å². The molecule has 1 aromatic rings. The van der Waals surface area contributed by atoms with E-state index in [4.69, 9.17) is 10.5 Å². The molecule has 2 N–H and O–H groups in total. The number of nitrogens with zero attached hydrogens (tertiary/aromatic N) is 2. The van der Waals surface area contributed by atoms with Crippen LogP contribution in [-0.2, 0) is 21.0 Å². The van der Waals surface area contributed by atoms with Crippen molar-refractivity contribution in [3.8, 4) is 0 Å². The fourth-order valence-corrected chi connectivity index (χ4v) is 6.10. The Bertz CT molecular complexity index is 1110. The van der Waals surface area contributed by atoms with Gasteiger partial charge in [0.15, 0.2) is 0 Å². The molecule has 4 unspecified atom stereocenters. The second kappa shape index (κ2) is 11.0. The molecule has 0 saturated heterocycles. The van der Waals surface area contributed by atoms with Crippen LogP contribution in [0.5, 0.6) is 0 Å². The van der Waals surface area contributed by atoms with Gasteiger partial charge in [0.2, 0.25) is 10.0 Å². The van der Waals surface area contributed by atoms with Crippen molar-refractivity contribution in [1.29, 1.82) is 5.41 Å². The number of halogens is 3. The lowest BCUT2D eigenvalue weighted by Gasteiger charge is -2.36. The second-order valence-corrected chi connectivity index (χ2v) is 12.6. The number of carbonyl (C=O) groups is 1. The number of carboxylic acids is 1. The number of aliphatic imine (C=N–C) groups is 1. The van der Waals surface area contributed by atoms with Crippen molar-refractivity contribution < 1.29 is 31.5 Å². The molecule has 202 valence electrons. The molecule has 1 saturated carbocycles. The Morgan fingerprint density at radius 3 is 2.36 bits per heavy atom. The predicted octanol–water partition coefficient (Wildman–Crippen LogP) is 5.46. The minimum atomic E-state index is -4.73. The SMILES string of the molecule is CC(c1cc(C(F)(F)F)cc(S(=O)(=O)N(C)C2CCCC(=NCC(=O)O)C2C=N)c1)C(C)C(C)(C)C. The largest absolute Gasteiger partial charge is 0.480 e. The molecule has 1 aliphatic rings. The first-order chi connectivity index (χ1) is 16.4. The van der Waals surface area contributed by atoms with E-state index < -0.39 is 51.1 Å². The molecule has 0 spiro atoms. The number of aliphatic carboxylic acids is 1. The molecule has 1 fully saturated rings. The van der Waals surface area contributed by atoms with Gasteiger partial charge in [0.1, 0.15) is 6.54 Å². The number of benzene rings is 1. The van der Waals surface area contributed by atoms with Crippen LogP contribution in [0.25, 0.3) is 0 Å². The predicted molar refractivity (Wildman–Crippen MR) is 133 cm³/mol. The van der Waals surface area contributed by atoms with Crippen molar-refractivity contribution in [1.82, 2.24) is 4.31 Å². The standard InChI is InChI=1S/C25H36F3N3O4S/c1-15(16(2)24(3,4)5)17-10-18(25(26,27)28)12-19(11-17)36(34,35)31(6)22-9-7-8-21(20(22)13-29)30-14-23(32)33/h10-13,15-16,20,22,29H,7-9,14H2,1-6H3,(H,32,33). The molecular weight excluding hydrogens is 495 g/mol. The summed E-state index contributed by atoms with van der Waals surface area (Å²) in [4.78, 5) is 14.5. The van der Waals surface area contributed by atoms with E-state index in [2.05, 4.69) is 4.99 Å². The molecule has 0 bridgehead atoms. The van der Waals surface area contributed by atoms with Crippen molar-refractivity contribution in [3.05, 3.63) is 29.3 Å². The summed E-state index contributed by atoms with van der Waals surface area (Å²) in [5.41, 5.74) is -0.553. The number of carboxylic acid groups (broad SMARTS) is 1. The highest BCUT2D eigenvalue weighted by atomic mass is 32.2. The maximum absolute atomic E-state index is 13.8. The number of rotatable bonds is 8. The summed E-state index contributed by atoms with van der Waals surface area (Å²) in [6, 6.07) is 2.22. The summed E-state index contributed by atoms with van der Waals surface area (Å²) < 4.78 is 69.7. The van der Waals surface area contributed by atoms with Crippen LogP contribution in [0.3, 0.4) is 0 Å². The molecule has 1 aliphatic carbocycles. The summed E-state index contributed by atoms with van der Waals surface area (Å²) in [7, 11) is -3.09. The summed E-state index contributed by atoms with van der Waals surface area (Å²) in [6.07, 6.45) is -2.40. The van der Waals surface area contributed by atoms with Crippen molar-refractivity contribution >= 4 is 27.9 Å². The van der Waals surface area contributed by atoms with Crippen LogP contribution in [0.1, 0.15) is 70.9 Å². The number of hydrogen-bond acceptors (Lipinski definition) is 5. The van der Waals surface area contributed by atoms with E-state index >= 15 is 0 Å². The van der Waals surface area contributed by atoms with Crippen molar-refractivity contribution in [2.75, 3.05) is 13.6 Å². The summed E-state index contributed by atoms with van der Waals surface area (Å²) >= 11 is 0. The molecule has 2 rings (SSSR count). The Hall–Kier alpha value is -2.27. The van der Waals surface area contributed by atoms with Gasteiger partial charge in [-0.1, -0.05) is 34.6 Å². The van der Waals surface area contributed by atoms with Crippen LogP contribution in [0, 0.1) is 22.7 Å². The smallest absolute Gasteiger partial charge is 0.416 e. The van der Waals surface area contributed by atoms with Gasteiger partial charge in [0, 0.05) is 30.9 Å². The molecule has 4 atom stereocenters. The second-order valence-electron chi connectivity index (χ2n) is 10.6. The highest BCUT2D eigenvalue weighted by Gasteiger charge is 2.39. The summed E-state index contributed by atoms with van der Waals surface area (Å²) in [5, 5.41) is 16.8. The molecular formula is C25H36F3N3O4S. The van der Waals surface area contributed by atoms with E-state index in [0.29, 0.717) is 31.0 Å². The molecule has 0 aromatic heterocycles. The monoisotopic (exact) mass is 531 g/mol.